The highest BCUT2D eigenvalue weighted by atomic mass is 32.1. The first kappa shape index (κ1) is 15.3. The second-order valence-electron chi connectivity index (χ2n) is 4.44. The topological polar surface area (TPSA) is 56.3 Å². The average Bonchev–Trinajstić information content (AvgIpc) is 2.87. The third-order valence-electron chi connectivity index (χ3n) is 2.83. The summed E-state index contributed by atoms with van der Waals surface area (Å²) in [7, 11) is 0. The number of nitrogens with zero attached hydrogens (tertiary/aromatic N) is 1. The molecule has 21 heavy (non-hydrogen) atoms. The molecule has 0 aliphatic rings. The van der Waals surface area contributed by atoms with Crippen LogP contribution in [0.25, 0.3) is 10.6 Å². The molecule has 0 aliphatic carbocycles. The van der Waals surface area contributed by atoms with Crippen molar-refractivity contribution < 1.29 is 18.7 Å². The van der Waals surface area contributed by atoms with E-state index in [0.717, 1.165) is 11.3 Å². The fraction of sp³-hybridized carbons (Fsp3) is 0.267. The van der Waals surface area contributed by atoms with Gasteiger partial charge in [0.15, 0.2) is 11.5 Å². The molecule has 0 unspecified atom stereocenters. The van der Waals surface area contributed by atoms with E-state index in [0.29, 0.717) is 16.1 Å². The maximum absolute atomic E-state index is 13.6. The molecule has 6 heteroatoms. The van der Waals surface area contributed by atoms with Gasteiger partial charge in [0.05, 0.1) is 6.61 Å². The van der Waals surface area contributed by atoms with Gasteiger partial charge in [-0.2, -0.15) is 0 Å². The van der Waals surface area contributed by atoms with Gasteiger partial charge in [-0.05, 0) is 25.5 Å². The second-order valence-corrected chi connectivity index (χ2v) is 5.44. The van der Waals surface area contributed by atoms with Crippen LogP contribution in [0.1, 0.15) is 39.6 Å². The Morgan fingerprint density at radius 2 is 2.10 bits per heavy atom. The van der Waals surface area contributed by atoms with Gasteiger partial charge in [0.1, 0.15) is 15.7 Å². The SMILES string of the molecule is CCOC(=O)c1nc(-c2ccc(C)c(F)c2)sc1C(C)=O. The Balaban J connectivity index is 2.50. The first-order valence-corrected chi connectivity index (χ1v) is 7.21. The monoisotopic (exact) mass is 307 g/mol. The van der Waals surface area contributed by atoms with E-state index in [1.807, 2.05) is 0 Å². The van der Waals surface area contributed by atoms with Crippen LogP contribution in [0.5, 0.6) is 0 Å². The molecular formula is C15H14FNO3S. The van der Waals surface area contributed by atoms with Crippen LogP contribution in [-0.4, -0.2) is 23.3 Å². The Labute approximate surface area is 125 Å². The van der Waals surface area contributed by atoms with Crippen LogP contribution in [0.2, 0.25) is 0 Å². The quantitative estimate of drug-likeness (QED) is 0.639. The van der Waals surface area contributed by atoms with Gasteiger partial charge in [0.2, 0.25) is 0 Å². The summed E-state index contributed by atoms with van der Waals surface area (Å²) in [5.74, 6) is -1.27. The van der Waals surface area contributed by atoms with Crippen LogP contribution in [-0.2, 0) is 4.74 Å². The van der Waals surface area contributed by atoms with Crippen molar-refractivity contribution in [3.05, 3.63) is 40.2 Å². The average molecular weight is 307 g/mol. The fourth-order valence-corrected chi connectivity index (χ4v) is 2.69. The van der Waals surface area contributed by atoms with Gasteiger partial charge in [0, 0.05) is 12.5 Å². The molecule has 1 aromatic carbocycles. The summed E-state index contributed by atoms with van der Waals surface area (Å²) in [5.41, 5.74) is 1.04. The predicted octanol–water partition coefficient (Wildman–Crippen LogP) is 3.64. The zero-order chi connectivity index (χ0) is 15.6. The molecule has 0 radical (unpaired) electrons. The molecule has 2 rings (SSSR count). The number of esters is 1. The highest BCUT2D eigenvalue weighted by Gasteiger charge is 2.23. The predicted molar refractivity (Wildman–Crippen MR) is 78.2 cm³/mol. The summed E-state index contributed by atoms with van der Waals surface area (Å²) in [6.07, 6.45) is 0. The molecule has 4 nitrogen and oxygen atoms in total. The molecule has 0 saturated heterocycles. The molecule has 0 fully saturated rings. The number of ether oxygens (including phenoxy) is 1. The lowest BCUT2D eigenvalue weighted by molar-refractivity contribution is 0.0517. The lowest BCUT2D eigenvalue weighted by atomic mass is 10.1. The summed E-state index contributed by atoms with van der Waals surface area (Å²) >= 11 is 1.06. The Morgan fingerprint density at radius 3 is 2.67 bits per heavy atom. The minimum Gasteiger partial charge on any atom is -0.461 e. The van der Waals surface area contributed by atoms with Crippen molar-refractivity contribution >= 4 is 23.1 Å². The number of aromatic nitrogens is 1. The fourth-order valence-electron chi connectivity index (χ4n) is 1.75. The second kappa shape index (κ2) is 6.13. The Morgan fingerprint density at radius 1 is 1.38 bits per heavy atom. The molecule has 0 bridgehead atoms. The van der Waals surface area contributed by atoms with E-state index >= 15 is 0 Å². The van der Waals surface area contributed by atoms with Gasteiger partial charge < -0.3 is 4.74 Å². The number of hydrogen-bond donors (Lipinski definition) is 0. The van der Waals surface area contributed by atoms with Gasteiger partial charge in [0.25, 0.3) is 0 Å². The minimum absolute atomic E-state index is 0.00895. The number of halogens is 1. The van der Waals surface area contributed by atoms with Gasteiger partial charge in [-0.25, -0.2) is 14.2 Å². The summed E-state index contributed by atoms with van der Waals surface area (Å²) in [6.45, 7) is 4.89. The maximum atomic E-state index is 13.6. The van der Waals surface area contributed by atoms with E-state index in [2.05, 4.69) is 4.98 Å². The summed E-state index contributed by atoms with van der Waals surface area (Å²) in [5, 5.41) is 0.419. The molecule has 0 atom stereocenters. The van der Waals surface area contributed by atoms with Crippen molar-refractivity contribution in [1.29, 1.82) is 0 Å². The van der Waals surface area contributed by atoms with Crippen molar-refractivity contribution in [1.82, 2.24) is 4.98 Å². The van der Waals surface area contributed by atoms with Crippen LogP contribution < -0.4 is 0 Å². The Hall–Kier alpha value is -2.08. The summed E-state index contributed by atoms with van der Waals surface area (Å²) in [6, 6.07) is 4.67. The molecule has 0 saturated carbocycles. The lowest BCUT2D eigenvalue weighted by Gasteiger charge is -2.00. The van der Waals surface area contributed by atoms with Crippen LogP contribution in [0, 0.1) is 12.7 Å². The van der Waals surface area contributed by atoms with E-state index in [9.17, 15) is 14.0 Å². The zero-order valence-electron chi connectivity index (χ0n) is 11.9. The minimum atomic E-state index is -0.641. The Kier molecular flexibility index (Phi) is 4.47. The van der Waals surface area contributed by atoms with E-state index in [1.165, 1.54) is 13.0 Å². The number of Topliss-reactive ketones (excluding diaryl/α,β-unsaturated/α-hetero) is 1. The van der Waals surface area contributed by atoms with Crippen molar-refractivity contribution in [2.45, 2.75) is 20.8 Å². The smallest absolute Gasteiger partial charge is 0.358 e. The highest BCUT2D eigenvalue weighted by molar-refractivity contribution is 7.17. The first-order chi connectivity index (χ1) is 9.93. The van der Waals surface area contributed by atoms with Gasteiger partial charge in [-0.1, -0.05) is 12.1 Å². The number of carbonyl (C=O) groups is 2. The van der Waals surface area contributed by atoms with Crippen molar-refractivity contribution in [3.8, 4) is 10.6 Å². The van der Waals surface area contributed by atoms with E-state index in [-0.39, 0.29) is 28.8 Å². The van der Waals surface area contributed by atoms with Gasteiger partial charge in [-0.15, -0.1) is 11.3 Å². The molecule has 1 aromatic heterocycles. The summed E-state index contributed by atoms with van der Waals surface area (Å²) < 4.78 is 18.5. The van der Waals surface area contributed by atoms with Crippen molar-refractivity contribution in [2.24, 2.45) is 0 Å². The number of benzene rings is 1. The van der Waals surface area contributed by atoms with E-state index in [4.69, 9.17) is 4.74 Å². The number of carbonyl (C=O) groups excluding carboxylic acids is 2. The lowest BCUT2D eigenvalue weighted by Crippen LogP contribution is -2.09. The van der Waals surface area contributed by atoms with Crippen LogP contribution in [0.3, 0.4) is 0 Å². The van der Waals surface area contributed by atoms with E-state index < -0.39 is 5.97 Å². The van der Waals surface area contributed by atoms with Crippen LogP contribution >= 0.6 is 11.3 Å². The molecule has 0 amide bonds. The standard InChI is InChI=1S/C15H14FNO3S/c1-4-20-15(19)12-13(9(3)18)21-14(17-12)10-6-5-8(2)11(16)7-10/h5-7H,4H2,1-3H3. The number of aryl methyl sites for hydroxylation is 1. The molecule has 1 heterocycles. The third-order valence-corrected chi connectivity index (χ3v) is 4.04. The summed E-state index contributed by atoms with van der Waals surface area (Å²) in [4.78, 5) is 27.8. The maximum Gasteiger partial charge on any atom is 0.358 e. The third kappa shape index (κ3) is 3.16. The van der Waals surface area contributed by atoms with Gasteiger partial charge >= 0.3 is 5.97 Å². The largest absolute Gasteiger partial charge is 0.461 e. The van der Waals surface area contributed by atoms with Crippen molar-refractivity contribution in [3.63, 3.8) is 0 Å². The molecule has 2 aromatic rings. The molecule has 0 N–H and O–H groups in total. The first-order valence-electron chi connectivity index (χ1n) is 6.39. The zero-order valence-corrected chi connectivity index (χ0v) is 12.7. The van der Waals surface area contributed by atoms with E-state index in [1.54, 1.807) is 26.0 Å². The molecule has 0 aliphatic heterocycles. The number of ketones is 1. The highest BCUT2D eigenvalue weighted by Crippen LogP contribution is 2.30. The normalized spacial score (nSPS) is 10.5. The number of rotatable bonds is 4. The molecule has 0 spiro atoms. The van der Waals surface area contributed by atoms with Crippen LogP contribution in [0.15, 0.2) is 18.2 Å². The van der Waals surface area contributed by atoms with Crippen LogP contribution in [0.4, 0.5) is 4.39 Å². The Bertz CT molecular complexity index is 709. The number of thiazole rings is 1. The van der Waals surface area contributed by atoms with Gasteiger partial charge in [-0.3, -0.25) is 4.79 Å². The van der Waals surface area contributed by atoms with Crippen molar-refractivity contribution in [2.75, 3.05) is 6.61 Å². The molecular weight excluding hydrogens is 293 g/mol. The number of hydrogen-bond acceptors (Lipinski definition) is 5. The molecule has 110 valence electrons.